The highest BCUT2D eigenvalue weighted by Gasteiger charge is 2.15. The van der Waals surface area contributed by atoms with E-state index >= 15 is 0 Å². The molecule has 94 valence electrons. The van der Waals surface area contributed by atoms with E-state index in [2.05, 4.69) is 26.6 Å². The number of carbonyl (C=O) groups excluding carboxylic acids is 1. The van der Waals surface area contributed by atoms with Crippen LogP contribution in [0.5, 0.6) is 0 Å². The van der Waals surface area contributed by atoms with Gasteiger partial charge in [0.1, 0.15) is 5.82 Å². The van der Waals surface area contributed by atoms with Gasteiger partial charge in [-0.2, -0.15) is 0 Å². The van der Waals surface area contributed by atoms with Gasteiger partial charge in [0.25, 0.3) is 5.91 Å². The molecule has 0 aliphatic rings. The van der Waals surface area contributed by atoms with Crippen LogP contribution >= 0.6 is 15.9 Å². The van der Waals surface area contributed by atoms with Crippen LogP contribution in [0.25, 0.3) is 0 Å². The van der Waals surface area contributed by atoms with Crippen LogP contribution < -0.4 is 10.6 Å². The Bertz CT molecular complexity index is 378. The number of carbonyl (C=O) groups is 1. The van der Waals surface area contributed by atoms with Crippen LogP contribution in [-0.2, 0) is 0 Å². The van der Waals surface area contributed by atoms with Crippen LogP contribution in [0.1, 0.15) is 24.2 Å². The van der Waals surface area contributed by atoms with Crippen LogP contribution in [0.2, 0.25) is 0 Å². The molecule has 0 bridgehead atoms. The summed E-state index contributed by atoms with van der Waals surface area (Å²) in [5, 5.41) is 5.86. The third-order valence-corrected chi connectivity index (χ3v) is 2.97. The van der Waals surface area contributed by atoms with Crippen LogP contribution in [0.15, 0.2) is 22.7 Å². The molecule has 3 nitrogen and oxygen atoms in total. The summed E-state index contributed by atoms with van der Waals surface area (Å²) in [6.07, 6.45) is 0. The number of hydrogen-bond donors (Lipinski definition) is 2. The molecule has 0 fully saturated rings. The summed E-state index contributed by atoms with van der Waals surface area (Å²) in [4.78, 5) is 11.8. The molecule has 0 aliphatic carbocycles. The standard InChI is InChI=1S/C12H16BrFN2O/c1-3-15-8(2)7-16-12(17)11-9(13)5-4-6-10(11)14/h4-6,8,15H,3,7H2,1-2H3,(H,16,17)/t8-/m1/s1. The zero-order valence-electron chi connectivity index (χ0n) is 9.89. The van der Waals surface area contributed by atoms with Crippen LogP contribution in [0.3, 0.4) is 0 Å². The van der Waals surface area contributed by atoms with Crippen molar-refractivity contribution in [2.24, 2.45) is 0 Å². The second kappa shape index (κ2) is 6.71. The first kappa shape index (κ1) is 14.1. The van der Waals surface area contributed by atoms with Gasteiger partial charge < -0.3 is 10.6 Å². The van der Waals surface area contributed by atoms with Gasteiger partial charge in [-0.05, 0) is 41.5 Å². The van der Waals surface area contributed by atoms with Crippen molar-refractivity contribution in [3.8, 4) is 0 Å². The van der Waals surface area contributed by atoms with Crippen molar-refractivity contribution in [2.45, 2.75) is 19.9 Å². The number of likely N-dealkylation sites (N-methyl/N-ethyl adjacent to an activating group) is 1. The molecule has 1 aromatic rings. The molecule has 0 heterocycles. The Morgan fingerprint density at radius 3 is 2.82 bits per heavy atom. The highest BCUT2D eigenvalue weighted by Crippen LogP contribution is 2.19. The van der Waals surface area contributed by atoms with E-state index in [1.165, 1.54) is 6.07 Å². The number of rotatable bonds is 5. The van der Waals surface area contributed by atoms with Gasteiger partial charge >= 0.3 is 0 Å². The molecule has 0 unspecified atom stereocenters. The highest BCUT2D eigenvalue weighted by molar-refractivity contribution is 9.10. The van der Waals surface area contributed by atoms with Crippen LogP contribution in [0.4, 0.5) is 4.39 Å². The van der Waals surface area contributed by atoms with Crippen LogP contribution in [-0.4, -0.2) is 25.0 Å². The van der Waals surface area contributed by atoms with E-state index in [9.17, 15) is 9.18 Å². The van der Waals surface area contributed by atoms with Crippen molar-refractivity contribution in [2.75, 3.05) is 13.1 Å². The largest absolute Gasteiger partial charge is 0.350 e. The number of benzene rings is 1. The molecular weight excluding hydrogens is 287 g/mol. The molecule has 17 heavy (non-hydrogen) atoms. The molecule has 1 amide bonds. The fraction of sp³-hybridized carbons (Fsp3) is 0.417. The molecule has 0 aromatic heterocycles. The lowest BCUT2D eigenvalue weighted by Gasteiger charge is -2.14. The number of hydrogen-bond acceptors (Lipinski definition) is 2. The normalized spacial score (nSPS) is 12.2. The molecule has 0 radical (unpaired) electrons. The van der Waals surface area contributed by atoms with Gasteiger partial charge in [-0.25, -0.2) is 4.39 Å². The predicted molar refractivity (Wildman–Crippen MR) is 69.6 cm³/mol. The number of halogens is 2. The molecule has 2 N–H and O–H groups in total. The van der Waals surface area contributed by atoms with E-state index in [4.69, 9.17) is 0 Å². The van der Waals surface area contributed by atoms with E-state index in [1.807, 2.05) is 13.8 Å². The van der Waals surface area contributed by atoms with E-state index < -0.39 is 11.7 Å². The Morgan fingerprint density at radius 2 is 2.24 bits per heavy atom. The fourth-order valence-corrected chi connectivity index (χ4v) is 1.99. The molecule has 0 saturated carbocycles. The van der Waals surface area contributed by atoms with Gasteiger partial charge in [-0.1, -0.05) is 13.0 Å². The van der Waals surface area contributed by atoms with Gasteiger partial charge in [0.15, 0.2) is 0 Å². The summed E-state index contributed by atoms with van der Waals surface area (Å²) in [6.45, 7) is 5.25. The molecule has 1 rings (SSSR count). The second-order valence-corrected chi connectivity index (χ2v) is 4.62. The Labute approximate surface area is 109 Å². The van der Waals surface area contributed by atoms with Gasteiger partial charge in [-0.3, -0.25) is 4.79 Å². The smallest absolute Gasteiger partial charge is 0.255 e. The first-order valence-corrected chi connectivity index (χ1v) is 6.31. The average molecular weight is 303 g/mol. The first-order chi connectivity index (χ1) is 8.06. The Kier molecular flexibility index (Phi) is 5.58. The maximum Gasteiger partial charge on any atom is 0.255 e. The SMILES string of the molecule is CCN[C@H](C)CNC(=O)c1c(F)cccc1Br. The zero-order valence-corrected chi connectivity index (χ0v) is 11.5. The van der Waals surface area contributed by atoms with Gasteiger partial charge in [0, 0.05) is 17.1 Å². The first-order valence-electron chi connectivity index (χ1n) is 5.51. The molecule has 1 atom stereocenters. The fourth-order valence-electron chi connectivity index (χ4n) is 1.47. The van der Waals surface area contributed by atoms with Gasteiger partial charge in [0.2, 0.25) is 0 Å². The van der Waals surface area contributed by atoms with Gasteiger partial charge in [0.05, 0.1) is 5.56 Å². The van der Waals surface area contributed by atoms with Crippen molar-refractivity contribution in [1.82, 2.24) is 10.6 Å². The molecule has 1 aromatic carbocycles. The molecule has 5 heteroatoms. The summed E-state index contributed by atoms with van der Waals surface area (Å²) >= 11 is 3.17. The Morgan fingerprint density at radius 1 is 1.53 bits per heavy atom. The topological polar surface area (TPSA) is 41.1 Å². The highest BCUT2D eigenvalue weighted by atomic mass is 79.9. The van der Waals surface area contributed by atoms with E-state index in [1.54, 1.807) is 12.1 Å². The monoisotopic (exact) mass is 302 g/mol. The number of nitrogens with one attached hydrogen (secondary N) is 2. The van der Waals surface area contributed by atoms with Crippen molar-refractivity contribution in [1.29, 1.82) is 0 Å². The maximum absolute atomic E-state index is 13.5. The summed E-state index contributed by atoms with van der Waals surface area (Å²) in [6, 6.07) is 4.63. The predicted octanol–water partition coefficient (Wildman–Crippen LogP) is 2.32. The lowest BCUT2D eigenvalue weighted by Crippen LogP contribution is -2.39. The molecule has 0 aliphatic heterocycles. The lowest BCUT2D eigenvalue weighted by molar-refractivity contribution is 0.0945. The minimum atomic E-state index is -0.520. The quantitative estimate of drug-likeness (QED) is 0.876. The van der Waals surface area contributed by atoms with Crippen molar-refractivity contribution < 1.29 is 9.18 Å². The summed E-state index contributed by atoms with van der Waals surface area (Å²) in [5.74, 6) is -0.923. The van der Waals surface area contributed by atoms with Gasteiger partial charge in [-0.15, -0.1) is 0 Å². The summed E-state index contributed by atoms with van der Waals surface area (Å²) in [7, 11) is 0. The summed E-state index contributed by atoms with van der Waals surface area (Å²) in [5.41, 5.74) is 0.0520. The van der Waals surface area contributed by atoms with Crippen LogP contribution in [0, 0.1) is 5.82 Å². The van der Waals surface area contributed by atoms with E-state index in [-0.39, 0.29) is 11.6 Å². The van der Waals surface area contributed by atoms with Crippen molar-refractivity contribution in [3.63, 3.8) is 0 Å². The molecular formula is C12H16BrFN2O. The Balaban J connectivity index is 2.64. The van der Waals surface area contributed by atoms with Crippen molar-refractivity contribution >= 4 is 21.8 Å². The van der Waals surface area contributed by atoms with E-state index in [0.717, 1.165) is 6.54 Å². The zero-order chi connectivity index (χ0) is 12.8. The summed E-state index contributed by atoms with van der Waals surface area (Å²) < 4.78 is 13.9. The third kappa shape index (κ3) is 4.09. The van der Waals surface area contributed by atoms with Crippen molar-refractivity contribution in [3.05, 3.63) is 34.1 Å². The minimum Gasteiger partial charge on any atom is -0.350 e. The molecule has 0 spiro atoms. The number of amides is 1. The lowest BCUT2D eigenvalue weighted by atomic mass is 10.2. The maximum atomic E-state index is 13.5. The second-order valence-electron chi connectivity index (χ2n) is 3.77. The minimum absolute atomic E-state index is 0.0520. The average Bonchev–Trinajstić information content (AvgIpc) is 2.26. The molecule has 0 saturated heterocycles. The third-order valence-electron chi connectivity index (χ3n) is 2.31. The van der Waals surface area contributed by atoms with E-state index in [0.29, 0.717) is 11.0 Å². The Hall–Kier alpha value is -0.940.